The monoisotopic (exact) mass is 253 g/mol. The Morgan fingerprint density at radius 2 is 1.50 bits per heavy atom. The van der Waals surface area contributed by atoms with Gasteiger partial charge in [0.1, 0.15) is 0 Å². The highest BCUT2D eigenvalue weighted by molar-refractivity contribution is 6.30. The first kappa shape index (κ1) is 12.9. The Morgan fingerprint density at radius 3 is 2.12 bits per heavy atom. The van der Waals surface area contributed by atoms with Crippen molar-refractivity contribution in [3.05, 3.63) is 59.6 Å². The Balaban J connectivity index is 0.00000128. The third-order valence-corrected chi connectivity index (χ3v) is 2.57. The van der Waals surface area contributed by atoms with E-state index in [0.29, 0.717) is 0 Å². The van der Waals surface area contributed by atoms with E-state index in [0.717, 1.165) is 16.4 Å². The predicted molar refractivity (Wildman–Crippen MR) is 73.2 cm³/mol. The molecule has 1 nitrogen and oxygen atoms in total. The number of para-hydroxylation sites is 1. The summed E-state index contributed by atoms with van der Waals surface area (Å²) in [4.78, 5) is 2.10. The molecule has 0 amide bonds. The van der Waals surface area contributed by atoms with Gasteiger partial charge in [-0.25, -0.2) is 0 Å². The SMILES string of the molecule is CN(c1ccccc1)c1cccc(Cl)c1.Cl. The largest absolute Gasteiger partial charge is 0.345 e. The van der Waals surface area contributed by atoms with Gasteiger partial charge in [0.2, 0.25) is 0 Å². The van der Waals surface area contributed by atoms with Crippen LogP contribution in [0.1, 0.15) is 0 Å². The van der Waals surface area contributed by atoms with Crippen LogP contribution in [0.25, 0.3) is 0 Å². The smallest absolute Gasteiger partial charge is 0.0426 e. The second-order valence-electron chi connectivity index (χ2n) is 3.37. The molecule has 0 heterocycles. The molecule has 0 saturated carbocycles. The average Bonchev–Trinajstić information content (AvgIpc) is 2.29. The fourth-order valence-electron chi connectivity index (χ4n) is 1.49. The molecule has 0 aliphatic carbocycles. The number of anilines is 2. The summed E-state index contributed by atoms with van der Waals surface area (Å²) in [7, 11) is 2.03. The Labute approximate surface area is 107 Å². The molecule has 2 aromatic rings. The fraction of sp³-hybridized carbons (Fsp3) is 0.0769. The number of benzene rings is 2. The highest BCUT2D eigenvalue weighted by Crippen LogP contribution is 2.25. The van der Waals surface area contributed by atoms with Crippen molar-refractivity contribution in [3.63, 3.8) is 0 Å². The van der Waals surface area contributed by atoms with Crippen molar-refractivity contribution in [1.82, 2.24) is 0 Å². The van der Waals surface area contributed by atoms with Crippen molar-refractivity contribution in [3.8, 4) is 0 Å². The lowest BCUT2D eigenvalue weighted by Crippen LogP contribution is -2.08. The van der Waals surface area contributed by atoms with Gasteiger partial charge in [-0.05, 0) is 30.3 Å². The van der Waals surface area contributed by atoms with Crippen LogP contribution in [0.3, 0.4) is 0 Å². The van der Waals surface area contributed by atoms with Crippen LogP contribution in [-0.2, 0) is 0 Å². The zero-order chi connectivity index (χ0) is 10.7. The molecule has 0 unspecified atom stereocenters. The molecule has 0 aliphatic heterocycles. The molecule has 0 aliphatic rings. The summed E-state index contributed by atoms with van der Waals surface area (Å²) >= 11 is 5.95. The average molecular weight is 254 g/mol. The third-order valence-electron chi connectivity index (χ3n) is 2.34. The number of rotatable bonds is 2. The molecule has 3 heteroatoms. The molecule has 0 bridgehead atoms. The van der Waals surface area contributed by atoms with Gasteiger partial charge in [-0.1, -0.05) is 35.9 Å². The molecule has 0 spiro atoms. The van der Waals surface area contributed by atoms with E-state index in [1.165, 1.54) is 0 Å². The lowest BCUT2D eigenvalue weighted by molar-refractivity contribution is 1.21. The molecule has 84 valence electrons. The van der Waals surface area contributed by atoms with Gasteiger partial charge in [0, 0.05) is 23.4 Å². The lowest BCUT2D eigenvalue weighted by Gasteiger charge is -2.19. The fourth-order valence-corrected chi connectivity index (χ4v) is 1.67. The Hall–Kier alpha value is -1.18. The molecule has 0 saturated heterocycles. The van der Waals surface area contributed by atoms with Gasteiger partial charge >= 0.3 is 0 Å². The van der Waals surface area contributed by atoms with Crippen molar-refractivity contribution in [2.75, 3.05) is 11.9 Å². The summed E-state index contributed by atoms with van der Waals surface area (Å²) in [6, 6.07) is 18.0. The Bertz CT molecular complexity index is 443. The topological polar surface area (TPSA) is 3.24 Å². The van der Waals surface area contributed by atoms with Crippen molar-refractivity contribution in [2.45, 2.75) is 0 Å². The molecule has 0 N–H and O–H groups in total. The second kappa shape index (κ2) is 5.78. The van der Waals surface area contributed by atoms with E-state index >= 15 is 0 Å². The molecular formula is C13H13Cl2N. The minimum Gasteiger partial charge on any atom is -0.345 e. The maximum Gasteiger partial charge on any atom is 0.0426 e. The van der Waals surface area contributed by atoms with Crippen LogP contribution < -0.4 is 4.90 Å². The van der Waals surface area contributed by atoms with Crippen LogP contribution in [0.15, 0.2) is 54.6 Å². The third kappa shape index (κ3) is 2.91. The second-order valence-corrected chi connectivity index (χ2v) is 3.81. The van der Waals surface area contributed by atoms with E-state index in [2.05, 4.69) is 17.0 Å². The summed E-state index contributed by atoms with van der Waals surface area (Å²) in [5, 5.41) is 0.760. The van der Waals surface area contributed by atoms with E-state index in [4.69, 9.17) is 11.6 Å². The van der Waals surface area contributed by atoms with E-state index in [1.807, 2.05) is 49.5 Å². The number of hydrogen-bond acceptors (Lipinski definition) is 1. The van der Waals surface area contributed by atoms with Crippen LogP contribution in [0.2, 0.25) is 5.02 Å². The molecule has 0 aromatic heterocycles. The molecular weight excluding hydrogens is 241 g/mol. The van der Waals surface area contributed by atoms with Gasteiger partial charge in [0.05, 0.1) is 0 Å². The molecule has 0 fully saturated rings. The summed E-state index contributed by atoms with van der Waals surface area (Å²) in [5.74, 6) is 0. The predicted octanol–water partition coefficient (Wildman–Crippen LogP) is 4.53. The van der Waals surface area contributed by atoms with Crippen molar-refractivity contribution in [2.24, 2.45) is 0 Å². The minimum absolute atomic E-state index is 0. The molecule has 2 rings (SSSR count). The number of halogens is 2. The van der Waals surface area contributed by atoms with Gasteiger partial charge in [-0.3, -0.25) is 0 Å². The highest BCUT2D eigenvalue weighted by atomic mass is 35.5. The van der Waals surface area contributed by atoms with Crippen molar-refractivity contribution < 1.29 is 0 Å². The van der Waals surface area contributed by atoms with E-state index in [9.17, 15) is 0 Å². The van der Waals surface area contributed by atoms with Crippen molar-refractivity contribution >= 4 is 35.4 Å². The zero-order valence-corrected chi connectivity index (χ0v) is 10.5. The number of hydrogen-bond donors (Lipinski definition) is 0. The number of nitrogens with zero attached hydrogens (tertiary/aromatic N) is 1. The van der Waals surface area contributed by atoms with Gasteiger partial charge < -0.3 is 4.90 Å². The molecule has 16 heavy (non-hydrogen) atoms. The van der Waals surface area contributed by atoms with Crippen LogP contribution in [0, 0.1) is 0 Å². The van der Waals surface area contributed by atoms with Crippen LogP contribution >= 0.6 is 24.0 Å². The van der Waals surface area contributed by atoms with E-state index < -0.39 is 0 Å². The highest BCUT2D eigenvalue weighted by Gasteiger charge is 2.02. The molecule has 0 radical (unpaired) electrons. The van der Waals surface area contributed by atoms with Crippen LogP contribution in [0.4, 0.5) is 11.4 Å². The molecule has 0 atom stereocenters. The first-order valence-corrected chi connectivity index (χ1v) is 5.19. The first-order chi connectivity index (χ1) is 7.27. The van der Waals surface area contributed by atoms with Crippen molar-refractivity contribution in [1.29, 1.82) is 0 Å². The summed E-state index contributed by atoms with van der Waals surface area (Å²) in [5.41, 5.74) is 2.24. The Kier molecular flexibility index (Phi) is 4.66. The maximum absolute atomic E-state index is 5.95. The standard InChI is InChI=1S/C13H12ClN.ClH/c1-15(12-7-3-2-4-8-12)13-9-5-6-11(14)10-13;/h2-10H,1H3;1H. The van der Waals surface area contributed by atoms with Gasteiger partial charge in [0.25, 0.3) is 0 Å². The summed E-state index contributed by atoms with van der Waals surface area (Å²) < 4.78 is 0. The van der Waals surface area contributed by atoms with E-state index in [-0.39, 0.29) is 12.4 Å². The van der Waals surface area contributed by atoms with Gasteiger partial charge in [-0.2, -0.15) is 0 Å². The Morgan fingerprint density at radius 1 is 0.875 bits per heavy atom. The normalized spacial score (nSPS) is 9.38. The molecule has 2 aromatic carbocycles. The zero-order valence-electron chi connectivity index (χ0n) is 8.93. The maximum atomic E-state index is 5.95. The van der Waals surface area contributed by atoms with Gasteiger partial charge in [0.15, 0.2) is 0 Å². The lowest BCUT2D eigenvalue weighted by atomic mass is 10.2. The summed E-state index contributed by atoms with van der Waals surface area (Å²) in [6.45, 7) is 0. The quantitative estimate of drug-likeness (QED) is 0.761. The van der Waals surface area contributed by atoms with Crippen LogP contribution in [0.5, 0.6) is 0 Å². The van der Waals surface area contributed by atoms with Crippen LogP contribution in [-0.4, -0.2) is 7.05 Å². The first-order valence-electron chi connectivity index (χ1n) is 4.82. The minimum atomic E-state index is 0. The van der Waals surface area contributed by atoms with Gasteiger partial charge in [-0.15, -0.1) is 12.4 Å². The summed E-state index contributed by atoms with van der Waals surface area (Å²) in [6.07, 6.45) is 0. The van der Waals surface area contributed by atoms with E-state index in [1.54, 1.807) is 0 Å².